The van der Waals surface area contributed by atoms with Crippen molar-refractivity contribution in [2.24, 2.45) is 0 Å². The second kappa shape index (κ2) is 7.10. The average Bonchev–Trinajstić information content (AvgIpc) is 2.44. The van der Waals surface area contributed by atoms with Crippen LogP contribution in [0.4, 0.5) is 0 Å². The standard InChI is InChI=1S/C15H14INO4S/c1-22(19,20)17-15(18)10-21-14-7-5-11(6-8-14)12-3-2-4-13(16)9-12/h2-9H,10H2,1H3,(H,17,18). The highest BCUT2D eigenvalue weighted by atomic mass is 127. The van der Waals surface area contributed by atoms with E-state index in [2.05, 4.69) is 28.7 Å². The minimum absolute atomic E-state index is 0.352. The lowest BCUT2D eigenvalue weighted by Crippen LogP contribution is -2.33. The van der Waals surface area contributed by atoms with Crippen molar-refractivity contribution in [3.8, 4) is 16.9 Å². The van der Waals surface area contributed by atoms with Crippen molar-refractivity contribution in [2.75, 3.05) is 12.9 Å². The number of hydrogen-bond donors (Lipinski definition) is 1. The van der Waals surface area contributed by atoms with Crippen molar-refractivity contribution in [1.29, 1.82) is 0 Å². The molecule has 0 saturated carbocycles. The maximum Gasteiger partial charge on any atom is 0.271 e. The highest BCUT2D eigenvalue weighted by Crippen LogP contribution is 2.23. The quantitative estimate of drug-likeness (QED) is 0.739. The number of amides is 1. The first-order chi connectivity index (χ1) is 10.3. The molecule has 0 heterocycles. The molecule has 0 aromatic heterocycles. The fourth-order valence-electron chi connectivity index (χ4n) is 1.80. The molecule has 1 N–H and O–H groups in total. The Hall–Kier alpha value is -1.61. The fourth-order valence-corrected chi connectivity index (χ4v) is 2.81. The lowest BCUT2D eigenvalue weighted by Gasteiger charge is -2.07. The number of carbonyl (C=O) groups excluding carboxylic acids is 1. The van der Waals surface area contributed by atoms with Gasteiger partial charge in [-0.05, 0) is 58.0 Å². The van der Waals surface area contributed by atoms with Crippen LogP contribution in [-0.4, -0.2) is 27.2 Å². The van der Waals surface area contributed by atoms with E-state index in [1.165, 1.54) is 0 Å². The van der Waals surface area contributed by atoms with Crippen LogP contribution in [0.1, 0.15) is 0 Å². The zero-order valence-electron chi connectivity index (χ0n) is 11.7. The second-order valence-corrected chi connectivity index (χ2v) is 7.61. The summed E-state index contributed by atoms with van der Waals surface area (Å²) >= 11 is 2.25. The van der Waals surface area contributed by atoms with Gasteiger partial charge in [0.25, 0.3) is 5.91 Å². The highest BCUT2D eigenvalue weighted by molar-refractivity contribution is 14.1. The minimum atomic E-state index is -3.55. The van der Waals surface area contributed by atoms with Crippen LogP contribution in [0.3, 0.4) is 0 Å². The predicted molar refractivity (Wildman–Crippen MR) is 93.1 cm³/mol. The van der Waals surface area contributed by atoms with Crippen molar-refractivity contribution < 1.29 is 17.9 Å². The summed E-state index contributed by atoms with van der Waals surface area (Å²) < 4.78 is 30.0. The van der Waals surface area contributed by atoms with Crippen molar-refractivity contribution in [3.05, 3.63) is 52.1 Å². The minimum Gasteiger partial charge on any atom is -0.484 e. The molecular weight excluding hydrogens is 417 g/mol. The van der Waals surface area contributed by atoms with Gasteiger partial charge in [-0.15, -0.1) is 0 Å². The molecule has 2 rings (SSSR count). The number of rotatable bonds is 5. The van der Waals surface area contributed by atoms with Crippen LogP contribution in [0.5, 0.6) is 5.75 Å². The van der Waals surface area contributed by atoms with Crippen LogP contribution in [0, 0.1) is 3.57 Å². The number of hydrogen-bond acceptors (Lipinski definition) is 4. The van der Waals surface area contributed by atoms with Gasteiger partial charge in [0.15, 0.2) is 6.61 Å². The lowest BCUT2D eigenvalue weighted by molar-refractivity contribution is -0.121. The maximum atomic E-state index is 11.3. The van der Waals surface area contributed by atoms with Gasteiger partial charge in [-0.2, -0.15) is 0 Å². The molecule has 0 aliphatic rings. The summed E-state index contributed by atoms with van der Waals surface area (Å²) in [5.41, 5.74) is 2.12. The molecular formula is C15H14INO4S. The van der Waals surface area contributed by atoms with Crippen LogP contribution >= 0.6 is 22.6 Å². The Morgan fingerprint density at radius 2 is 1.82 bits per heavy atom. The smallest absolute Gasteiger partial charge is 0.271 e. The Labute approximate surface area is 142 Å². The first-order valence-corrected chi connectivity index (χ1v) is 9.30. The first kappa shape index (κ1) is 16.8. The lowest BCUT2D eigenvalue weighted by atomic mass is 10.1. The molecule has 2 aromatic carbocycles. The van der Waals surface area contributed by atoms with E-state index in [1.54, 1.807) is 12.1 Å². The largest absolute Gasteiger partial charge is 0.484 e. The van der Waals surface area contributed by atoms with Gasteiger partial charge >= 0.3 is 0 Å². The summed E-state index contributed by atoms with van der Waals surface area (Å²) in [6.07, 6.45) is 0.918. The van der Waals surface area contributed by atoms with Crippen LogP contribution in [0.15, 0.2) is 48.5 Å². The zero-order chi connectivity index (χ0) is 16.2. The van der Waals surface area contributed by atoms with E-state index in [1.807, 2.05) is 35.1 Å². The van der Waals surface area contributed by atoms with Gasteiger partial charge in [-0.3, -0.25) is 9.52 Å². The van der Waals surface area contributed by atoms with E-state index in [-0.39, 0.29) is 6.61 Å². The third-order valence-corrected chi connectivity index (χ3v) is 3.95. The summed E-state index contributed by atoms with van der Waals surface area (Å²) in [5, 5.41) is 0. The molecule has 0 bridgehead atoms. The van der Waals surface area contributed by atoms with Crippen molar-refractivity contribution in [3.63, 3.8) is 0 Å². The molecule has 0 aliphatic carbocycles. The maximum absolute atomic E-state index is 11.3. The van der Waals surface area contributed by atoms with E-state index in [4.69, 9.17) is 4.74 Å². The molecule has 0 spiro atoms. The van der Waals surface area contributed by atoms with Gasteiger partial charge in [-0.1, -0.05) is 24.3 Å². The number of benzene rings is 2. The summed E-state index contributed by atoms with van der Waals surface area (Å²) in [5.74, 6) is -0.206. The third kappa shape index (κ3) is 5.30. The van der Waals surface area contributed by atoms with Crippen LogP contribution in [0.2, 0.25) is 0 Å². The Balaban J connectivity index is 1.99. The summed E-state index contributed by atoms with van der Waals surface area (Å²) in [7, 11) is -3.55. The molecule has 5 nitrogen and oxygen atoms in total. The zero-order valence-corrected chi connectivity index (χ0v) is 14.7. The van der Waals surface area contributed by atoms with Crippen LogP contribution in [-0.2, 0) is 14.8 Å². The van der Waals surface area contributed by atoms with Gasteiger partial charge < -0.3 is 4.74 Å². The molecule has 22 heavy (non-hydrogen) atoms. The molecule has 0 aliphatic heterocycles. The Morgan fingerprint density at radius 1 is 1.14 bits per heavy atom. The van der Waals surface area contributed by atoms with Crippen molar-refractivity contribution in [2.45, 2.75) is 0 Å². The highest BCUT2D eigenvalue weighted by Gasteiger charge is 2.09. The monoisotopic (exact) mass is 431 g/mol. The van der Waals surface area contributed by atoms with Crippen molar-refractivity contribution in [1.82, 2.24) is 4.72 Å². The van der Waals surface area contributed by atoms with Gasteiger partial charge in [0.1, 0.15) is 5.75 Å². The van der Waals surface area contributed by atoms with E-state index in [0.717, 1.165) is 21.0 Å². The molecule has 0 radical (unpaired) electrons. The molecule has 116 valence electrons. The molecule has 2 aromatic rings. The van der Waals surface area contributed by atoms with Crippen LogP contribution in [0.25, 0.3) is 11.1 Å². The normalized spacial score (nSPS) is 11.0. The molecule has 0 saturated heterocycles. The van der Waals surface area contributed by atoms with E-state index >= 15 is 0 Å². The average molecular weight is 431 g/mol. The molecule has 0 fully saturated rings. The Bertz CT molecular complexity index is 772. The van der Waals surface area contributed by atoms with E-state index in [9.17, 15) is 13.2 Å². The number of nitrogens with one attached hydrogen (secondary N) is 1. The number of ether oxygens (including phenoxy) is 1. The first-order valence-electron chi connectivity index (χ1n) is 6.33. The fraction of sp³-hybridized carbons (Fsp3) is 0.133. The molecule has 1 amide bonds. The Kier molecular flexibility index (Phi) is 5.41. The summed E-state index contributed by atoms with van der Waals surface area (Å²) in [4.78, 5) is 11.3. The number of carbonyl (C=O) groups is 1. The van der Waals surface area contributed by atoms with E-state index < -0.39 is 15.9 Å². The summed E-state index contributed by atoms with van der Waals surface area (Å²) in [6, 6.07) is 15.3. The summed E-state index contributed by atoms with van der Waals surface area (Å²) in [6.45, 7) is -0.352. The van der Waals surface area contributed by atoms with Gasteiger partial charge in [-0.25, -0.2) is 8.42 Å². The second-order valence-electron chi connectivity index (χ2n) is 4.62. The Morgan fingerprint density at radius 3 is 2.41 bits per heavy atom. The van der Waals surface area contributed by atoms with Gasteiger partial charge in [0.2, 0.25) is 10.0 Å². The molecule has 0 unspecified atom stereocenters. The number of halogens is 1. The predicted octanol–water partition coefficient (Wildman–Crippen LogP) is 2.41. The van der Waals surface area contributed by atoms with E-state index in [0.29, 0.717) is 5.75 Å². The van der Waals surface area contributed by atoms with Crippen LogP contribution < -0.4 is 9.46 Å². The third-order valence-electron chi connectivity index (χ3n) is 2.68. The van der Waals surface area contributed by atoms with Gasteiger partial charge in [0, 0.05) is 3.57 Å². The van der Waals surface area contributed by atoms with Crippen molar-refractivity contribution >= 4 is 38.5 Å². The topological polar surface area (TPSA) is 72.5 Å². The van der Waals surface area contributed by atoms with Gasteiger partial charge in [0.05, 0.1) is 6.26 Å². The SMILES string of the molecule is CS(=O)(=O)NC(=O)COc1ccc(-c2cccc(I)c2)cc1. The molecule has 7 heteroatoms. The molecule has 0 atom stereocenters. The number of sulfonamides is 1.